The summed E-state index contributed by atoms with van der Waals surface area (Å²) in [5.41, 5.74) is 8.56. The third-order valence-electron chi connectivity index (χ3n) is 4.34. The number of ether oxygens (including phenoxy) is 1. The van der Waals surface area contributed by atoms with Gasteiger partial charge in [0, 0.05) is 35.7 Å². The summed E-state index contributed by atoms with van der Waals surface area (Å²) in [6.07, 6.45) is 0. The van der Waals surface area contributed by atoms with E-state index in [-0.39, 0.29) is 0 Å². The van der Waals surface area contributed by atoms with E-state index < -0.39 is 14.0 Å². The van der Waals surface area contributed by atoms with Crippen LogP contribution in [0.1, 0.15) is 10.4 Å². The topological polar surface area (TPSA) is 70.1 Å². The SMILES string of the molecule is C[Si](C)(C)CCOCn1nc(-c2cccc(C(N)=O)c2)c2cc(Br)ccc21. The number of aromatic nitrogens is 2. The molecule has 2 N–H and O–H groups in total. The van der Waals surface area contributed by atoms with E-state index in [1.54, 1.807) is 12.1 Å². The number of nitrogens with two attached hydrogens (primary N) is 1. The Morgan fingerprint density at radius 3 is 2.70 bits per heavy atom. The Balaban J connectivity index is 1.95. The van der Waals surface area contributed by atoms with E-state index in [0.29, 0.717) is 12.3 Å². The van der Waals surface area contributed by atoms with Gasteiger partial charge >= 0.3 is 0 Å². The Morgan fingerprint density at radius 1 is 1.22 bits per heavy atom. The molecule has 0 radical (unpaired) electrons. The first-order chi connectivity index (χ1) is 12.7. The van der Waals surface area contributed by atoms with Crippen LogP contribution in [0, 0.1) is 0 Å². The van der Waals surface area contributed by atoms with Gasteiger partial charge in [-0.1, -0.05) is 47.7 Å². The third-order valence-corrected chi connectivity index (χ3v) is 6.54. The largest absolute Gasteiger partial charge is 0.366 e. The summed E-state index contributed by atoms with van der Waals surface area (Å²) in [5, 5.41) is 5.76. The molecule has 0 unspecified atom stereocenters. The van der Waals surface area contributed by atoms with Gasteiger partial charge in [0.1, 0.15) is 12.4 Å². The molecule has 0 aliphatic rings. The predicted molar refractivity (Wildman–Crippen MR) is 115 cm³/mol. The molecule has 0 saturated carbocycles. The molecule has 0 atom stereocenters. The van der Waals surface area contributed by atoms with Crippen molar-refractivity contribution in [1.29, 1.82) is 0 Å². The smallest absolute Gasteiger partial charge is 0.248 e. The first-order valence-corrected chi connectivity index (χ1v) is 13.4. The molecular weight excluding hydrogens is 422 g/mol. The van der Waals surface area contributed by atoms with Crippen molar-refractivity contribution >= 4 is 40.8 Å². The Kier molecular flexibility index (Phi) is 5.83. The molecule has 0 bridgehead atoms. The van der Waals surface area contributed by atoms with Crippen LogP contribution in [0.2, 0.25) is 25.7 Å². The quantitative estimate of drug-likeness (QED) is 0.416. The molecule has 142 valence electrons. The molecule has 0 saturated heterocycles. The first-order valence-electron chi connectivity index (χ1n) is 8.89. The molecule has 3 aromatic rings. The highest BCUT2D eigenvalue weighted by molar-refractivity contribution is 9.10. The molecule has 0 aliphatic carbocycles. The number of halogens is 1. The predicted octanol–water partition coefficient (Wildman–Crippen LogP) is 4.88. The number of fused-ring (bicyclic) bond motifs is 1. The van der Waals surface area contributed by atoms with Gasteiger partial charge in [-0.3, -0.25) is 4.79 Å². The minimum atomic E-state index is -1.13. The van der Waals surface area contributed by atoms with Crippen LogP contribution in [0.5, 0.6) is 0 Å². The van der Waals surface area contributed by atoms with Crippen molar-refractivity contribution < 1.29 is 9.53 Å². The van der Waals surface area contributed by atoms with Gasteiger partial charge in [-0.15, -0.1) is 0 Å². The molecule has 27 heavy (non-hydrogen) atoms. The van der Waals surface area contributed by atoms with E-state index in [9.17, 15) is 4.79 Å². The monoisotopic (exact) mass is 445 g/mol. The highest BCUT2D eigenvalue weighted by atomic mass is 79.9. The highest BCUT2D eigenvalue weighted by Crippen LogP contribution is 2.30. The van der Waals surface area contributed by atoms with Crippen LogP contribution in [0.25, 0.3) is 22.2 Å². The van der Waals surface area contributed by atoms with Gasteiger partial charge in [-0.05, 0) is 36.4 Å². The Morgan fingerprint density at radius 2 is 2.00 bits per heavy atom. The van der Waals surface area contributed by atoms with Crippen molar-refractivity contribution in [1.82, 2.24) is 9.78 Å². The summed E-state index contributed by atoms with van der Waals surface area (Å²) in [7, 11) is -1.13. The van der Waals surface area contributed by atoms with E-state index >= 15 is 0 Å². The first kappa shape index (κ1) is 19.8. The zero-order valence-corrected chi connectivity index (χ0v) is 18.4. The lowest BCUT2D eigenvalue weighted by Gasteiger charge is -2.15. The molecule has 2 aromatic carbocycles. The number of hydrogen-bond donors (Lipinski definition) is 1. The van der Waals surface area contributed by atoms with Crippen LogP contribution in [-0.4, -0.2) is 30.4 Å². The fraction of sp³-hybridized carbons (Fsp3) is 0.300. The summed E-state index contributed by atoms with van der Waals surface area (Å²) >= 11 is 3.53. The summed E-state index contributed by atoms with van der Waals surface area (Å²) in [4.78, 5) is 11.5. The molecule has 5 nitrogen and oxygen atoms in total. The molecule has 0 fully saturated rings. The molecule has 1 amide bonds. The maximum Gasteiger partial charge on any atom is 0.248 e. The zero-order valence-electron chi connectivity index (χ0n) is 15.8. The van der Waals surface area contributed by atoms with Gasteiger partial charge in [-0.2, -0.15) is 5.10 Å². The van der Waals surface area contributed by atoms with Gasteiger partial charge in [0.15, 0.2) is 0 Å². The molecular formula is C20H24BrN3O2Si. The molecule has 1 heterocycles. The Hall–Kier alpha value is -1.96. The summed E-state index contributed by atoms with van der Waals surface area (Å²) < 4.78 is 8.74. The van der Waals surface area contributed by atoms with E-state index in [4.69, 9.17) is 15.6 Å². The normalized spacial score (nSPS) is 11.9. The van der Waals surface area contributed by atoms with Gasteiger partial charge in [0.2, 0.25) is 5.91 Å². The van der Waals surface area contributed by atoms with Crippen molar-refractivity contribution in [2.24, 2.45) is 5.73 Å². The summed E-state index contributed by atoms with van der Waals surface area (Å²) in [6, 6.07) is 14.4. The summed E-state index contributed by atoms with van der Waals surface area (Å²) in [5.74, 6) is -0.448. The van der Waals surface area contributed by atoms with Crippen LogP contribution in [-0.2, 0) is 11.5 Å². The third kappa shape index (κ3) is 4.85. The lowest BCUT2D eigenvalue weighted by atomic mass is 10.0. The van der Waals surface area contributed by atoms with Crippen molar-refractivity contribution in [3.63, 3.8) is 0 Å². The van der Waals surface area contributed by atoms with Crippen LogP contribution in [0.4, 0.5) is 0 Å². The zero-order chi connectivity index (χ0) is 19.6. The van der Waals surface area contributed by atoms with Crippen molar-refractivity contribution in [3.8, 4) is 11.3 Å². The van der Waals surface area contributed by atoms with E-state index in [2.05, 4.69) is 35.6 Å². The van der Waals surface area contributed by atoms with Gasteiger partial charge in [0.05, 0.1) is 5.52 Å². The molecule has 0 spiro atoms. The van der Waals surface area contributed by atoms with Crippen molar-refractivity contribution in [3.05, 3.63) is 52.5 Å². The standard InChI is InChI=1S/C20H24BrN3O2Si/c1-27(2,3)10-9-26-13-24-18-8-7-16(21)12-17(18)19(23-24)14-5-4-6-15(11-14)20(22)25/h4-8,11-12H,9-10,13H2,1-3H3,(H2,22,25). The average Bonchev–Trinajstić information content (AvgIpc) is 2.96. The second kappa shape index (κ2) is 7.96. The number of rotatable bonds is 7. The fourth-order valence-electron chi connectivity index (χ4n) is 2.81. The Labute approximate surface area is 168 Å². The number of amides is 1. The van der Waals surface area contributed by atoms with Gasteiger partial charge in [-0.25, -0.2) is 4.68 Å². The second-order valence-corrected chi connectivity index (χ2v) is 14.3. The summed E-state index contributed by atoms with van der Waals surface area (Å²) in [6.45, 7) is 8.14. The van der Waals surface area contributed by atoms with Gasteiger partial charge in [0.25, 0.3) is 0 Å². The minimum Gasteiger partial charge on any atom is -0.366 e. The lowest BCUT2D eigenvalue weighted by Crippen LogP contribution is -2.22. The van der Waals surface area contributed by atoms with E-state index in [1.165, 1.54) is 0 Å². The molecule has 7 heteroatoms. The molecule has 1 aromatic heterocycles. The Bertz CT molecular complexity index is 979. The number of nitrogens with zero attached hydrogens (tertiary/aromatic N) is 2. The number of benzene rings is 2. The van der Waals surface area contributed by atoms with E-state index in [0.717, 1.165) is 39.3 Å². The van der Waals surface area contributed by atoms with Crippen molar-refractivity contribution in [2.45, 2.75) is 32.4 Å². The second-order valence-electron chi connectivity index (χ2n) is 7.80. The van der Waals surface area contributed by atoms with Crippen LogP contribution in [0.3, 0.4) is 0 Å². The van der Waals surface area contributed by atoms with Crippen molar-refractivity contribution in [2.75, 3.05) is 6.61 Å². The molecule has 3 rings (SSSR count). The van der Waals surface area contributed by atoms with Gasteiger partial charge < -0.3 is 10.5 Å². The average molecular weight is 446 g/mol. The highest BCUT2D eigenvalue weighted by Gasteiger charge is 2.15. The maximum absolute atomic E-state index is 11.5. The lowest BCUT2D eigenvalue weighted by molar-refractivity contribution is 0.0818. The number of carbonyl (C=O) groups excluding carboxylic acids is 1. The van der Waals surface area contributed by atoms with Crippen LogP contribution in [0.15, 0.2) is 46.9 Å². The number of hydrogen-bond acceptors (Lipinski definition) is 3. The van der Waals surface area contributed by atoms with Crippen LogP contribution >= 0.6 is 15.9 Å². The van der Waals surface area contributed by atoms with E-state index in [1.807, 2.05) is 35.0 Å². The van der Waals surface area contributed by atoms with Crippen LogP contribution < -0.4 is 5.73 Å². The fourth-order valence-corrected chi connectivity index (χ4v) is 3.93. The molecule has 0 aliphatic heterocycles. The number of carbonyl (C=O) groups is 1. The maximum atomic E-state index is 11.5. The number of primary amides is 1. The minimum absolute atomic E-state index is 0.401.